The van der Waals surface area contributed by atoms with Crippen molar-refractivity contribution in [2.45, 2.75) is 19.6 Å². The Morgan fingerprint density at radius 2 is 1.92 bits per heavy atom. The molecule has 0 saturated heterocycles. The van der Waals surface area contributed by atoms with Gasteiger partial charge in [-0.2, -0.15) is 5.10 Å². The van der Waals surface area contributed by atoms with E-state index in [1.54, 1.807) is 42.1 Å². The number of nitrogens with one attached hydrogen (secondary N) is 1. The molecule has 26 heavy (non-hydrogen) atoms. The van der Waals surface area contributed by atoms with Crippen molar-refractivity contribution in [3.8, 4) is 5.75 Å². The first-order valence-corrected chi connectivity index (χ1v) is 8.77. The number of ether oxygens (including phenoxy) is 1. The molecule has 7 heteroatoms. The van der Waals surface area contributed by atoms with E-state index >= 15 is 0 Å². The number of hydrogen-bond acceptors (Lipinski definition) is 3. The van der Waals surface area contributed by atoms with Gasteiger partial charge in [-0.05, 0) is 24.6 Å². The third-order valence-electron chi connectivity index (χ3n) is 3.73. The van der Waals surface area contributed by atoms with Crippen LogP contribution in [0.25, 0.3) is 0 Å². The van der Waals surface area contributed by atoms with Crippen LogP contribution in [0.3, 0.4) is 0 Å². The molecule has 1 atom stereocenters. The normalized spacial score (nSPS) is 11.8. The summed E-state index contributed by atoms with van der Waals surface area (Å²) in [5.74, 6) is 0.641. The maximum atomic E-state index is 12.5. The van der Waals surface area contributed by atoms with Gasteiger partial charge in [-0.1, -0.05) is 59.6 Å². The summed E-state index contributed by atoms with van der Waals surface area (Å²) in [6.45, 7) is 2.20. The van der Waals surface area contributed by atoms with Crippen LogP contribution in [0.4, 0.5) is 5.82 Å². The molecule has 0 spiro atoms. The molecule has 0 bridgehead atoms. The van der Waals surface area contributed by atoms with Crippen LogP contribution in [0.1, 0.15) is 12.5 Å². The number of hydrogen-bond donors (Lipinski definition) is 1. The number of carbonyl (C=O) groups is 1. The summed E-state index contributed by atoms with van der Waals surface area (Å²) < 4.78 is 7.35. The molecule has 1 aromatic heterocycles. The molecule has 1 amide bonds. The summed E-state index contributed by atoms with van der Waals surface area (Å²) in [5.41, 5.74) is 1.08. The van der Waals surface area contributed by atoms with Crippen LogP contribution in [0.15, 0.2) is 60.8 Å². The minimum absolute atomic E-state index is 0.280. The molecule has 5 nitrogen and oxygen atoms in total. The van der Waals surface area contributed by atoms with Gasteiger partial charge in [0.15, 0.2) is 6.10 Å². The first kappa shape index (κ1) is 18.3. The Hall–Kier alpha value is -2.50. The number of amides is 1. The Balaban J connectivity index is 1.66. The highest BCUT2D eigenvalue weighted by atomic mass is 35.5. The molecule has 3 aromatic rings. The van der Waals surface area contributed by atoms with E-state index in [0.29, 0.717) is 23.1 Å². The van der Waals surface area contributed by atoms with Crippen LogP contribution in [-0.2, 0) is 11.3 Å². The zero-order valence-corrected chi connectivity index (χ0v) is 15.5. The van der Waals surface area contributed by atoms with Gasteiger partial charge in [-0.15, -0.1) is 0 Å². The van der Waals surface area contributed by atoms with Crippen molar-refractivity contribution >= 4 is 34.9 Å². The van der Waals surface area contributed by atoms with Crippen molar-refractivity contribution in [1.82, 2.24) is 9.78 Å². The summed E-state index contributed by atoms with van der Waals surface area (Å²) >= 11 is 12.1. The molecule has 0 fully saturated rings. The van der Waals surface area contributed by atoms with Gasteiger partial charge >= 0.3 is 0 Å². The quantitative estimate of drug-likeness (QED) is 0.667. The van der Waals surface area contributed by atoms with Gasteiger partial charge in [0.1, 0.15) is 16.6 Å². The van der Waals surface area contributed by atoms with Gasteiger partial charge in [0.25, 0.3) is 5.91 Å². The molecule has 1 unspecified atom stereocenters. The highest BCUT2D eigenvalue weighted by Gasteiger charge is 2.18. The number of rotatable bonds is 6. The lowest BCUT2D eigenvalue weighted by Gasteiger charge is -2.16. The number of nitrogens with zero attached hydrogens (tertiary/aromatic N) is 2. The molecule has 0 radical (unpaired) electrons. The molecule has 1 heterocycles. The Labute approximate surface area is 161 Å². The Bertz CT molecular complexity index is 897. The van der Waals surface area contributed by atoms with E-state index in [2.05, 4.69) is 10.4 Å². The van der Waals surface area contributed by atoms with Crippen LogP contribution in [0.2, 0.25) is 10.0 Å². The second-order valence-corrected chi connectivity index (χ2v) is 6.45. The second-order valence-electron chi connectivity index (χ2n) is 5.66. The van der Waals surface area contributed by atoms with E-state index < -0.39 is 6.10 Å². The van der Waals surface area contributed by atoms with Crippen LogP contribution in [-0.4, -0.2) is 21.8 Å². The van der Waals surface area contributed by atoms with Crippen molar-refractivity contribution in [2.24, 2.45) is 0 Å². The van der Waals surface area contributed by atoms with Gasteiger partial charge in [-0.25, -0.2) is 4.68 Å². The maximum absolute atomic E-state index is 12.5. The largest absolute Gasteiger partial charge is 0.479 e. The van der Waals surface area contributed by atoms with E-state index in [0.717, 1.165) is 5.56 Å². The fourth-order valence-electron chi connectivity index (χ4n) is 2.37. The van der Waals surface area contributed by atoms with Crippen LogP contribution < -0.4 is 10.1 Å². The molecule has 3 rings (SSSR count). The zero-order valence-electron chi connectivity index (χ0n) is 14.0. The summed E-state index contributed by atoms with van der Waals surface area (Å²) in [6.07, 6.45) is 0.879. The predicted molar refractivity (Wildman–Crippen MR) is 103 cm³/mol. The second kappa shape index (κ2) is 8.25. The molecule has 0 saturated carbocycles. The molecule has 134 valence electrons. The summed E-state index contributed by atoms with van der Waals surface area (Å²) in [4.78, 5) is 12.5. The first-order chi connectivity index (χ1) is 12.5. The van der Waals surface area contributed by atoms with Crippen molar-refractivity contribution in [3.05, 3.63) is 76.4 Å². The van der Waals surface area contributed by atoms with E-state index in [-0.39, 0.29) is 10.9 Å². The Kier molecular flexibility index (Phi) is 5.81. The number of benzene rings is 2. The van der Waals surface area contributed by atoms with Crippen LogP contribution in [0.5, 0.6) is 5.75 Å². The van der Waals surface area contributed by atoms with Crippen molar-refractivity contribution in [1.29, 1.82) is 0 Å². The standard InChI is InChI=1S/C19H17Cl2N3O2/c1-13(26-16-9-5-8-15(20)18(16)21)19(25)23-17-10-11-22-24(17)12-14-6-3-2-4-7-14/h2-11,13H,12H2,1H3,(H,23,25). The SMILES string of the molecule is CC(Oc1cccc(Cl)c1Cl)C(=O)Nc1ccnn1Cc1ccccc1. The van der Waals surface area contributed by atoms with Gasteiger partial charge in [0.2, 0.25) is 0 Å². The summed E-state index contributed by atoms with van der Waals surface area (Å²) in [5, 5.41) is 7.73. The average molecular weight is 390 g/mol. The molecule has 0 aliphatic rings. The molecule has 2 aromatic carbocycles. The molecular weight excluding hydrogens is 373 g/mol. The minimum Gasteiger partial charge on any atom is -0.479 e. The lowest BCUT2D eigenvalue weighted by Crippen LogP contribution is -2.31. The summed E-state index contributed by atoms with van der Waals surface area (Å²) in [7, 11) is 0. The van der Waals surface area contributed by atoms with E-state index in [4.69, 9.17) is 27.9 Å². The monoisotopic (exact) mass is 389 g/mol. The topological polar surface area (TPSA) is 56.1 Å². The molecule has 0 aliphatic heterocycles. The number of aromatic nitrogens is 2. The van der Waals surface area contributed by atoms with Crippen molar-refractivity contribution in [3.63, 3.8) is 0 Å². The third-order valence-corrected chi connectivity index (χ3v) is 4.53. The van der Waals surface area contributed by atoms with Gasteiger partial charge in [0.05, 0.1) is 17.8 Å². The van der Waals surface area contributed by atoms with Gasteiger partial charge in [0, 0.05) is 6.07 Å². The Morgan fingerprint density at radius 3 is 2.69 bits per heavy atom. The lowest BCUT2D eigenvalue weighted by atomic mass is 10.2. The van der Waals surface area contributed by atoms with E-state index in [1.165, 1.54) is 0 Å². The first-order valence-electron chi connectivity index (χ1n) is 8.02. The van der Waals surface area contributed by atoms with Crippen LogP contribution >= 0.6 is 23.2 Å². The number of halogens is 2. The molecule has 0 aliphatic carbocycles. The highest BCUT2D eigenvalue weighted by molar-refractivity contribution is 6.42. The maximum Gasteiger partial charge on any atom is 0.266 e. The fraction of sp³-hybridized carbons (Fsp3) is 0.158. The average Bonchev–Trinajstić information content (AvgIpc) is 3.06. The lowest BCUT2D eigenvalue weighted by molar-refractivity contribution is -0.122. The minimum atomic E-state index is -0.758. The predicted octanol–water partition coefficient (Wildman–Crippen LogP) is 4.64. The third kappa shape index (κ3) is 4.36. The number of carbonyl (C=O) groups excluding carboxylic acids is 1. The molecular formula is C19H17Cl2N3O2. The van der Waals surface area contributed by atoms with E-state index in [1.807, 2.05) is 30.3 Å². The Morgan fingerprint density at radius 1 is 1.15 bits per heavy atom. The number of anilines is 1. The highest BCUT2D eigenvalue weighted by Crippen LogP contribution is 2.32. The summed E-state index contributed by atoms with van der Waals surface area (Å²) in [6, 6.07) is 16.6. The van der Waals surface area contributed by atoms with Crippen molar-refractivity contribution in [2.75, 3.05) is 5.32 Å². The zero-order chi connectivity index (χ0) is 18.5. The smallest absolute Gasteiger partial charge is 0.266 e. The van der Waals surface area contributed by atoms with E-state index in [9.17, 15) is 4.79 Å². The van der Waals surface area contributed by atoms with Crippen LogP contribution in [0, 0.1) is 0 Å². The van der Waals surface area contributed by atoms with Crippen molar-refractivity contribution < 1.29 is 9.53 Å². The fourth-order valence-corrected chi connectivity index (χ4v) is 2.70. The van der Waals surface area contributed by atoms with Gasteiger partial charge in [-0.3, -0.25) is 4.79 Å². The molecule has 1 N–H and O–H groups in total. The van der Waals surface area contributed by atoms with Gasteiger partial charge < -0.3 is 10.1 Å².